The molecule has 0 fully saturated rings. The molecule has 1 aliphatic heterocycles. The fourth-order valence-corrected chi connectivity index (χ4v) is 4.54. The largest absolute Gasteiger partial charge is 0.337 e. The summed E-state index contributed by atoms with van der Waals surface area (Å²) in [5, 5.41) is 0.595. The molecule has 1 aromatic heterocycles. The number of hydrogen-bond donors (Lipinski definition) is 0. The maximum absolute atomic E-state index is 13.3. The Morgan fingerprint density at radius 1 is 1.06 bits per heavy atom. The first-order valence-corrected chi connectivity index (χ1v) is 12.7. The molecule has 2 aromatic rings. The van der Waals surface area contributed by atoms with Crippen molar-refractivity contribution in [3.63, 3.8) is 0 Å². The van der Waals surface area contributed by atoms with Crippen LogP contribution in [-0.2, 0) is 22.7 Å². The standard InChI is InChI=1S/C26H38ClN5O2/c1-20(2)16-26(34)32-11-5-10-30(21(3)4)14-15-31(18-22-6-7-23(27)17-24(22)32)25(33)8-12-29-13-9-28-19-29/h6-7,9,13,17,19-21H,5,8,10-12,14-16,18H2,1-4H3. The average molecular weight is 488 g/mol. The van der Waals surface area contributed by atoms with Gasteiger partial charge >= 0.3 is 0 Å². The van der Waals surface area contributed by atoms with Gasteiger partial charge in [0.2, 0.25) is 11.8 Å². The number of nitrogens with zero attached hydrogens (tertiary/aromatic N) is 5. The van der Waals surface area contributed by atoms with Crippen molar-refractivity contribution in [1.29, 1.82) is 0 Å². The van der Waals surface area contributed by atoms with Gasteiger partial charge in [0.05, 0.1) is 12.0 Å². The van der Waals surface area contributed by atoms with Crippen molar-refractivity contribution in [2.75, 3.05) is 31.1 Å². The Morgan fingerprint density at radius 2 is 1.85 bits per heavy atom. The second kappa shape index (κ2) is 12.4. The maximum atomic E-state index is 13.3. The monoisotopic (exact) mass is 487 g/mol. The fourth-order valence-electron chi connectivity index (χ4n) is 4.37. The van der Waals surface area contributed by atoms with Crippen LogP contribution in [0.15, 0.2) is 36.9 Å². The van der Waals surface area contributed by atoms with Gasteiger partial charge in [0.15, 0.2) is 0 Å². The minimum atomic E-state index is 0.0950. The van der Waals surface area contributed by atoms with Gasteiger partial charge in [0.1, 0.15) is 0 Å². The number of aryl methyl sites for hydroxylation is 1. The zero-order chi connectivity index (χ0) is 24.7. The fraction of sp³-hybridized carbons (Fsp3) is 0.577. The Morgan fingerprint density at radius 3 is 2.53 bits per heavy atom. The number of fused-ring (bicyclic) bond motifs is 1. The first-order chi connectivity index (χ1) is 16.2. The molecule has 1 aliphatic rings. The molecule has 0 saturated carbocycles. The highest BCUT2D eigenvalue weighted by atomic mass is 35.5. The molecule has 0 spiro atoms. The Hall–Kier alpha value is -2.38. The van der Waals surface area contributed by atoms with Crippen molar-refractivity contribution in [2.24, 2.45) is 5.92 Å². The number of carbonyl (C=O) groups excluding carboxylic acids is 2. The topological polar surface area (TPSA) is 61.7 Å². The summed E-state index contributed by atoms with van der Waals surface area (Å²) in [6, 6.07) is 6.04. The lowest BCUT2D eigenvalue weighted by molar-refractivity contribution is -0.132. The SMILES string of the molecule is CC(C)CC(=O)N1CCCN(C(C)C)CCN(C(=O)CCn2ccnc2)Cc2ccc(Cl)cc21. The Labute approximate surface area is 208 Å². The molecule has 3 rings (SSSR count). The number of halogens is 1. The third-order valence-electron chi connectivity index (χ3n) is 6.29. The number of anilines is 1. The number of carbonyl (C=O) groups is 2. The Balaban J connectivity index is 1.92. The number of hydrogen-bond acceptors (Lipinski definition) is 4. The van der Waals surface area contributed by atoms with Crippen LogP contribution in [0.5, 0.6) is 0 Å². The van der Waals surface area contributed by atoms with Crippen LogP contribution in [-0.4, -0.2) is 63.4 Å². The number of amides is 2. The third-order valence-corrected chi connectivity index (χ3v) is 6.53. The molecule has 0 aliphatic carbocycles. The van der Waals surface area contributed by atoms with Gasteiger partial charge in [-0.15, -0.1) is 0 Å². The van der Waals surface area contributed by atoms with E-state index in [1.165, 1.54) is 0 Å². The molecule has 0 radical (unpaired) electrons. The molecular weight excluding hydrogens is 450 g/mol. The van der Waals surface area contributed by atoms with Crippen LogP contribution >= 0.6 is 11.6 Å². The average Bonchev–Trinajstić information content (AvgIpc) is 3.28. The number of rotatable bonds is 6. The molecule has 0 bridgehead atoms. The molecule has 0 saturated heterocycles. The van der Waals surface area contributed by atoms with Crippen LogP contribution in [0.1, 0.15) is 52.5 Å². The quantitative estimate of drug-likeness (QED) is 0.604. The molecule has 186 valence electrons. The normalized spacial score (nSPS) is 16.0. The van der Waals surface area contributed by atoms with E-state index in [0.29, 0.717) is 50.1 Å². The van der Waals surface area contributed by atoms with E-state index in [4.69, 9.17) is 11.6 Å². The Kier molecular flexibility index (Phi) is 9.54. The van der Waals surface area contributed by atoms with E-state index in [0.717, 1.165) is 30.8 Å². The molecule has 0 N–H and O–H groups in total. The van der Waals surface area contributed by atoms with Crippen molar-refractivity contribution in [1.82, 2.24) is 19.4 Å². The predicted octanol–water partition coefficient (Wildman–Crippen LogP) is 4.45. The summed E-state index contributed by atoms with van der Waals surface area (Å²) >= 11 is 6.39. The zero-order valence-corrected chi connectivity index (χ0v) is 21.7. The number of benzene rings is 1. The van der Waals surface area contributed by atoms with E-state index in [9.17, 15) is 9.59 Å². The summed E-state index contributed by atoms with van der Waals surface area (Å²) in [6.07, 6.45) is 7.07. The summed E-state index contributed by atoms with van der Waals surface area (Å²) in [6.45, 7) is 12.5. The Bertz CT molecular complexity index is 945. The van der Waals surface area contributed by atoms with Crippen molar-refractivity contribution < 1.29 is 9.59 Å². The van der Waals surface area contributed by atoms with E-state index in [2.05, 4.69) is 37.6 Å². The maximum Gasteiger partial charge on any atom is 0.227 e. The van der Waals surface area contributed by atoms with Gasteiger partial charge in [0.25, 0.3) is 0 Å². The van der Waals surface area contributed by atoms with Gasteiger partial charge in [-0.25, -0.2) is 4.98 Å². The number of imidazole rings is 1. The third kappa shape index (κ3) is 7.31. The van der Waals surface area contributed by atoms with Crippen molar-refractivity contribution >= 4 is 29.1 Å². The molecule has 0 unspecified atom stereocenters. The van der Waals surface area contributed by atoms with Gasteiger partial charge in [-0.3, -0.25) is 14.5 Å². The van der Waals surface area contributed by atoms with E-state index in [1.54, 1.807) is 12.5 Å². The van der Waals surface area contributed by atoms with Crippen LogP contribution < -0.4 is 4.90 Å². The summed E-state index contributed by atoms with van der Waals surface area (Å²) in [7, 11) is 0. The number of aromatic nitrogens is 2. The summed E-state index contributed by atoms with van der Waals surface area (Å²) < 4.78 is 1.92. The van der Waals surface area contributed by atoms with Gasteiger partial charge in [-0.1, -0.05) is 31.5 Å². The second-order valence-corrected chi connectivity index (χ2v) is 10.2. The van der Waals surface area contributed by atoms with Crippen LogP contribution in [0.4, 0.5) is 5.69 Å². The van der Waals surface area contributed by atoms with Gasteiger partial charge in [0, 0.05) is 75.6 Å². The van der Waals surface area contributed by atoms with Crippen LogP contribution in [0.25, 0.3) is 0 Å². The van der Waals surface area contributed by atoms with Crippen molar-refractivity contribution in [3.8, 4) is 0 Å². The molecule has 2 heterocycles. The smallest absolute Gasteiger partial charge is 0.227 e. The van der Waals surface area contributed by atoms with Crippen LogP contribution in [0, 0.1) is 5.92 Å². The van der Waals surface area contributed by atoms with Gasteiger partial charge in [-0.2, -0.15) is 0 Å². The molecule has 7 nitrogen and oxygen atoms in total. The van der Waals surface area contributed by atoms with Crippen LogP contribution in [0.3, 0.4) is 0 Å². The van der Waals surface area contributed by atoms with Crippen molar-refractivity contribution in [3.05, 3.63) is 47.5 Å². The highest BCUT2D eigenvalue weighted by Gasteiger charge is 2.25. The predicted molar refractivity (Wildman–Crippen MR) is 137 cm³/mol. The summed E-state index contributed by atoms with van der Waals surface area (Å²) in [5.41, 5.74) is 1.78. The highest BCUT2D eigenvalue weighted by molar-refractivity contribution is 6.31. The first kappa shape index (κ1) is 26.2. The molecule has 8 heteroatoms. The van der Waals surface area contributed by atoms with E-state index in [1.807, 2.05) is 38.8 Å². The first-order valence-electron chi connectivity index (χ1n) is 12.3. The summed E-state index contributed by atoms with van der Waals surface area (Å²) in [4.78, 5) is 36.9. The zero-order valence-electron chi connectivity index (χ0n) is 20.9. The van der Waals surface area contributed by atoms with E-state index >= 15 is 0 Å². The van der Waals surface area contributed by atoms with E-state index < -0.39 is 0 Å². The minimum absolute atomic E-state index is 0.0950. The van der Waals surface area contributed by atoms with Crippen molar-refractivity contribution in [2.45, 2.75) is 66.1 Å². The molecule has 1 aromatic carbocycles. The minimum Gasteiger partial charge on any atom is -0.337 e. The van der Waals surface area contributed by atoms with E-state index in [-0.39, 0.29) is 17.7 Å². The highest BCUT2D eigenvalue weighted by Crippen LogP contribution is 2.28. The lowest BCUT2D eigenvalue weighted by Gasteiger charge is -2.30. The molecule has 34 heavy (non-hydrogen) atoms. The summed E-state index contributed by atoms with van der Waals surface area (Å²) in [5.74, 6) is 0.464. The molecular formula is C26H38ClN5O2. The second-order valence-electron chi connectivity index (χ2n) is 9.77. The van der Waals surface area contributed by atoms with Gasteiger partial charge in [-0.05, 0) is 43.9 Å². The molecule has 0 atom stereocenters. The van der Waals surface area contributed by atoms with Gasteiger partial charge < -0.3 is 14.4 Å². The lowest BCUT2D eigenvalue weighted by atomic mass is 10.1. The molecule has 2 amide bonds. The lowest BCUT2D eigenvalue weighted by Crippen LogP contribution is -2.41. The van der Waals surface area contributed by atoms with Crippen LogP contribution in [0.2, 0.25) is 5.02 Å².